The first-order chi connectivity index (χ1) is 12.4. The molecule has 0 saturated carbocycles. The summed E-state index contributed by atoms with van der Waals surface area (Å²) in [5.41, 5.74) is 9.31. The highest BCUT2D eigenvalue weighted by Crippen LogP contribution is 2.31. The summed E-state index contributed by atoms with van der Waals surface area (Å²) < 4.78 is 5.52. The van der Waals surface area contributed by atoms with Crippen LogP contribution in [-0.4, -0.2) is 34.8 Å². The third-order valence-corrected chi connectivity index (χ3v) is 4.63. The van der Waals surface area contributed by atoms with Crippen molar-refractivity contribution in [3.63, 3.8) is 0 Å². The van der Waals surface area contributed by atoms with Gasteiger partial charge in [-0.1, -0.05) is 0 Å². The van der Waals surface area contributed by atoms with Crippen molar-refractivity contribution in [1.82, 2.24) is 28.9 Å². The summed E-state index contributed by atoms with van der Waals surface area (Å²) in [6, 6.07) is 3.72. The lowest BCUT2D eigenvalue weighted by Crippen LogP contribution is -2.16. The second kappa shape index (κ2) is 5.58. The quantitative estimate of drug-likeness (QED) is 0.582. The van der Waals surface area contributed by atoms with E-state index in [1.54, 1.807) is 17.1 Å². The van der Waals surface area contributed by atoms with E-state index in [-0.39, 0.29) is 0 Å². The largest absolute Gasteiger partial charge is 0.364 e. The van der Waals surface area contributed by atoms with E-state index in [1.165, 1.54) is 0 Å². The van der Waals surface area contributed by atoms with E-state index in [9.17, 15) is 4.79 Å². The Hall–Kier alpha value is -3.36. The van der Waals surface area contributed by atoms with Gasteiger partial charge in [0.25, 0.3) is 5.91 Å². The van der Waals surface area contributed by atoms with Crippen molar-refractivity contribution in [1.29, 1.82) is 0 Å². The van der Waals surface area contributed by atoms with Crippen molar-refractivity contribution in [2.75, 3.05) is 5.32 Å². The second-order valence-corrected chi connectivity index (χ2v) is 6.31. The molecule has 4 aromatic rings. The summed E-state index contributed by atoms with van der Waals surface area (Å²) in [6.45, 7) is 4.52. The highest BCUT2D eigenvalue weighted by Gasteiger charge is 2.20. The van der Waals surface area contributed by atoms with E-state index in [1.807, 2.05) is 43.1 Å². The van der Waals surface area contributed by atoms with Crippen LogP contribution in [0.15, 0.2) is 18.5 Å². The fourth-order valence-electron chi connectivity index (χ4n) is 3.27. The number of nitrogens with zero attached hydrogens (tertiary/aromatic N) is 6. The van der Waals surface area contributed by atoms with E-state index < -0.39 is 5.91 Å². The summed E-state index contributed by atoms with van der Waals surface area (Å²) in [4.78, 5) is 21.1. The van der Waals surface area contributed by atoms with E-state index in [4.69, 9.17) is 10.7 Å². The van der Waals surface area contributed by atoms with Crippen molar-refractivity contribution in [3.05, 3.63) is 29.8 Å². The average molecular weight is 352 g/mol. The van der Waals surface area contributed by atoms with Crippen molar-refractivity contribution in [2.45, 2.75) is 20.4 Å². The van der Waals surface area contributed by atoms with Crippen molar-refractivity contribution in [2.24, 2.45) is 19.8 Å². The number of hydrogen-bond acceptors (Lipinski definition) is 5. The highest BCUT2D eigenvalue weighted by molar-refractivity contribution is 6.09. The molecular weight excluding hydrogens is 332 g/mol. The standard InChI is InChI=1S/C17H20N8O/c1-5-25-11(15(18)26)7-10-14-13(19-8-23(14)3)16(21-17(10)25)20-12-6-9(2)24(4)22-12/h6-8H,5H2,1-4H3,(H2,18,26)(H,20,21,22). The third-order valence-electron chi connectivity index (χ3n) is 4.63. The monoisotopic (exact) mass is 352 g/mol. The summed E-state index contributed by atoms with van der Waals surface area (Å²) in [5.74, 6) is 0.804. The van der Waals surface area contributed by atoms with Gasteiger partial charge in [0.1, 0.15) is 16.9 Å². The molecule has 9 heteroatoms. The lowest BCUT2D eigenvalue weighted by atomic mass is 10.2. The Kier molecular flexibility index (Phi) is 3.46. The topological polar surface area (TPSA) is 109 Å². The molecule has 4 aromatic heterocycles. The smallest absolute Gasteiger partial charge is 0.265 e. The SMILES string of the molecule is CCn1c(C(N)=O)cc2c3c(ncn3C)c(Nc3cc(C)n(C)n3)nc21. The molecule has 0 saturated heterocycles. The number of fused-ring (bicyclic) bond motifs is 3. The number of anilines is 2. The lowest BCUT2D eigenvalue weighted by Gasteiger charge is -2.08. The van der Waals surface area contributed by atoms with Gasteiger partial charge in [0.2, 0.25) is 0 Å². The minimum Gasteiger partial charge on any atom is -0.364 e. The van der Waals surface area contributed by atoms with Gasteiger partial charge in [-0.25, -0.2) is 9.97 Å². The number of nitrogens with two attached hydrogens (primary N) is 1. The lowest BCUT2D eigenvalue weighted by molar-refractivity contribution is 0.0992. The fraction of sp³-hybridized carbons (Fsp3) is 0.294. The first-order valence-electron chi connectivity index (χ1n) is 8.32. The van der Waals surface area contributed by atoms with Crippen LogP contribution in [0.5, 0.6) is 0 Å². The van der Waals surface area contributed by atoms with E-state index >= 15 is 0 Å². The van der Waals surface area contributed by atoms with Crippen LogP contribution in [0.4, 0.5) is 11.6 Å². The van der Waals surface area contributed by atoms with Crippen LogP contribution < -0.4 is 11.1 Å². The molecule has 0 bridgehead atoms. The normalized spacial score (nSPS) is 11.5. The minimum atomic E-state index is -0.477. The van der Waals surface area contributed by atoms with Crippen molar-refractivity contribution < 1.29 is 4.79 Å². The average Bonchev–Trinajstić information content (AvgIpc) is 3.23. The van der Waals surface area contributed by atoms with Crippen molar-refractivity contribution >= 4 is 39.6 Å². The first kappa shape index (κ1) is 16.1. The van der Waals surface area contributed by atoms with Crippen molar-refractivity contribution in [3.8, 4) is 0 Å². The number of hydrogen-bond donors (Lipinski definition) is 2. The molecule has 0 radical (unpaired) electrons. The predicted molar refractivity (Wildman–Crippen MR) is 99.4 cm³/mol. The van der Waals surface area contributed by atoms with Crippen LogP contribution in [-0.2, 0) is 20.6 Å². The minimum absolute atomic E-state index is 0.434. The number of amides is 1. The van der Waals surface area contributed by atoms with Crippen LogP contribution in [0, 0.1) is 6.92 Å². The van der Waals surface area contributed by atoms with Gasteiger partial charge in [-0.2, -0.15) is 5.10 Å². The van der Waals surface area contributed by atoms with Gasteiger partial charge in [-0.15, -0.1) is 0 Å². The highest BCUT2D eigenvalue weighted by atomic mass is 16.1. The molecule has 0 aliphatic carbocycles. The molecule has 4 heterocycles. The number of primary amides is 1. The number of carbonyl (C=O) groups excluding carboxylic acids is 1. The molecule has 0 spiro atoms. The number of aryl methyl sites for hydroxylation is 4. The summed E-state index contributed by atoms with van der Waals surface area (Å²) >= 11 is 0. The molecule has 0 aliphatic rings. The van der Waals surface area contributed by atoms with Gasteiger partial charge < -0.3 is 20.2 Å². The number of nitrogens with one attached hydrogen (secondary N) is 1. The molecule has 0 aliphatic heterocycles. The Morgan fingerprint density at radius 3 is 2.69 bits per heavy atom. The Morgan fingerprint density at radius 2 is 2.08 bits per heavy atom. The van der Waals surface area contributed by atoms with Crippen LogP contribution in [0.2, 0.25) is 0 Å². The summed E-state index contributed by atoms with van der Waals surface area (Å²) in [6.07, 6.45) is 1.73. The fourth-order valence-corrected chi connectivity index (χ4v) is 3.27. The van der Waals surface area contributed by atoms with Crippen LogP contribution in [0.25, 0.3) is 22.1 Å². The Balaban J connectivity index is 2.01. The van der Waals surface area contributed by atoms with Gasteiger partial charge in [0, 0.05) is 37.8 Å². The van der Waals surface area contributed by atoms with Crippen LogP contribution >= 0.6 is 0 Å². The molecule has 0 aromatic carbocycles. The Morgan fingerprint density at radius 1 is 1.31 bits per heavy atom. The molecule has 0 atom stereocenters. The molecule has 134 valence electrons. The van der Waals surface area contributed by atoms with Crippen LogP contribution in [0.1, 0.15) is 23.1 Å². The first-order valence-corrected chi connectivity index (χ1v) is 8.32. The Labute approximate surface area is 149 Å². The number of pyridine rings is 1. The van der Waals surface area contributed by atoms with Gasteiger partial charge in [0.05, 0.1) is 11.8 Å². The van der Waals surface area contributed by atoms with E-state index in [0.717, 1.165) is 16.6 Å². The van der Waals surface area contributed by atoms with Gasteiger partial charge in [-0.05, 0) is 19.9 Å². The zero-order valence-electron chi connectivity index (χ0n) is 15.1. The van der Waals surface area contributed by atoms with Gasteiger partial charge in [-0.3, -0.25) is 9.48 Å². The molecule has 0 unspecified atom stereocenters. The molecule has 26 heavy (non-hydrogen) atoms. The maximum absolute atomic E-state index is 11.8. The summed E-state index contributed by atoms with van der Waals surface area (Å²) in [5, 5.41) is 8.53. The predicted octanol–water partition coefficient (Wildman–Crippen LogP) is 1.83. The number of rotatable bonds is 4. The summed E-state index contributed by atoms with van der Waals surface area (Å²) in [7, 11) is 3.80. The molecule has 0 fully saturated rings. The third kappa shape index (κ3) is 2.24. The number of carbonyl (C=O) groups is 1. The van der Waals surface area contributed by atoms with E-state index in [2.05, 4.69) is 15.4 Å². The molecule has 1 amide bonds. The van der Waals surface area contributed by atoms with Gasteiger partial charge >= 0.3 is 0 Å². The molecule has 3 N–H and O–H groups in total. The zero-order chi connectivity index (χ0) is 18.6. The van der Waals surface area contributed by atoms with Crippen LogP contribution in [0.3, 0.4) is 0 Å². The molecular formula is C17H20N8O. The maximum atomic E-state index is 11.8. The van der Waals surface area contributed by atoms with Gasteiger partial charge in [0.15, 0.2) is 11.6 Å². The maximum Gasteiger partial charge on any atom is 0.265 e. The second-order valence-electron chi connectivity index (χ2n) is 6.31. The Bertz CT molecular complexity index is 1140. The number of imidazole rings is 1. The number of aromatic nitrogens is 6. The van der Waals surface area contributed by atoms with E-state index in [0.29, 0.717) is 35.0 Å². The zero-order valence-corrected chi connectivity index (χ0v) is 15.1. The molecule has 9 nitrogen and oxygen atoms in total. The molecule has 4 rings (SSSR count).